The first-order chi connectivity index (χ1) is 32.0. The molecule has 1 aliphatic rings. The summed E-state index contributed by atoms with van der Waals surface area (Å²) >= 11 is 0. The molecule has 2 heteroatoms. The van der Waals surface area contributed by atoms with Crippen molar-refractivity contribution in [3.63, 3.8) is 0 Å². The standard InChI is InChI=1S/C63H44N2/c1-63(2)56-31-17-30-50(60(56)55-38-46-23-9-10-24-47(46)39-57(55)63)44-32-34-45(35-33-44)52-37-36-43-22-11-12-27-51(43)61(52)62-64-58(53-28-15-13-25-48(53)41-18-5-3-6-19-41)40-59(65-62)54-29-16-14-26-49(54)42-20-7-4-8-21-42/h3-40H,1-2H3. The minimum Gasteiger partial charge on any atom is -0.228 e. The van der Waals surface area contributed by atoms with Gasteiger partial charge in [0.2, 0.25) is 0 Å². The van der Waals surface area contributed by atoms with E-state index in [1.165, 1.54) is 44.2 Å². The maximum atomic E-state index is 5.57. The number of hydrogen-bond acceptors (Lipinski definition) is 2. The molecule has 12 rings (SSSR count). The van der Waals surface area contributed by atoms with Gasteiger partial charge in [-0.2, -0.15) is 0 Å². The molecule has 0 unspecified atom stereocenters. The van der Waals surface area contributed by atoms with Crippen LogP contribution in [0.3, 0.4) is 0 Å². The van der Waals surface area contributed by atoms with Crippen molar-refractivity contribution in [1.82, 2.24) is 9.97 Å². The Balaban J connectivity index is 1.05. The molecule has 0 saturated heterocycles. The van der Waals surface area contributed by atoms with Crippen molar-refractivity contribution in [1.29, 1.82) is 0 Å². The minimum atomic E-state index is -0.110. The summed E-state index contributed by atoms with van der Waals surface area (Å²) in [7, 11) is 0. The first-order valence-electron chi connectivity index (χ1n) is 22.5. The smallest absolute Gasteiger partial charge is 0.161 e. The highest BCUT2D eigenvalue weighted by molar-refractivity contribution is 6.04. The van der Waals surface area contributed by atoms with E-state index in [0.717, 1.165) is 72.2 Å². The number of benzene rings is 10. The Morgan fingerprint density at radius 2 is 0.754 bits per heavy atom. The van der Waals surface area contributed by atoms with Crippen LogP contribution in [0.25, 0.3) is 111 Å². The Bertz CT molecular complexity index is 3500. The average molecular weight is 829 g/mol. The van der Waals surface area contributed by atoms with Gasteiger partial charge in [0.25, 0.3) is 0 Å². The Morgan fingerprint density at radius 1 is 0.292 bits per heavy atom. The fourth-order valence-electron chi connectivity index (χ4n) is 10.3. The zero-order chi connectivity index (χ0) is 43.5. The lowest BCUT2D eigenvalue weighted by Crippen LogP contribution is -2.14. The molecule has 0 radical (unpaired) electrons. The van der Waals surface area contributed by atoms with Crippen molar-refractivity contribution < 1.29 is 0 Å². The molecule has 0 bridgehead atoms. The molecule has 1 aromatic heterocycles. The molecule has 0 N–H and O–H groups in total. The van der Waals surface area contributed by atoms with Crippen LogP contribution in [0.2, 0.25) is 0 Å². The predicted octanol–water partition coefficient (Wildman–Crippen LogP) is 16.8. The molecule has 0 fully saturated rings. The van der Waals surface area contributed by atoms with Gasteiger partial charge in [0, 0.05) is 22.1 Å². The van der Waals surface area contributed by atoms with E-state index >= 15 is 0 Å². The van der Waals surface area contributed by atoms with Crippen LogP contribution in [-0.2, 0) is 5.41 Å². The van der Waals surface area contributed by atoms with Gasteiger partial charge in [-0.1, -0.05) is 226 Å². The molecular formula is C63H44N2. The second-order valence-corrected chi connectivity index (χ2v) is 17.7. The van der Waals surface area contributed by atoms with E-state index in [2.05, 4.69) is 244 Å². The highest BCUT2D eigenvalue weighted by Gasteiger charge is 2.37. The lowest BCUT2D eigenvalue weighted by molar-refractivity contribution is 0.661. The average Bonchev–Trinajstić information content (AvgIpc) is 3.60. The molecule has 0 atom stereocenters. The van der Waals surface area contributed by atoms with Crippen LogP contribution in [0.4, 0.5) is 0 Å². The van der Waals surface area contributed by atoms with Gasteiger partial charge in [-0.3, -0.25) is 0 Å². The summed E-state index contributed by atoms with van der Waals surface area (Å²) in [5.74, 6) is 0.686. The minimum absolute atomic E-state index is 0.110. The van der Waals surface area contributed by atoms with Gasteiger partial charge in [0.15, 0.2) is 5.82 Å². The Morgan fingerprint density at radius 3 is 1.35 bits per heavy atom. The van der Waals surface area contributed by atoms with Gasteiger partial charge in [-0.25, -0.2) is 9.97 Å². The highest BCUT2D eigenvalue weighted by atomic mass is 14.9. The molecule has 2 nitrogen and oxygen atoms in total. The van der Waals surface area contributed by atoms with Crippen molar-refractivity contribution >= 4 is 21.5 Å². The van der Waals surface area contributed by atoms with E-state index in [4.69, 9.17) is 9.97 Å². The van der Waals surface area contributed by atoms with Crippen LogP contribution < -0.4 is 0 Å². The number of hydrogen-bond donors (Lipinski definition) is 0. The van der Waals surface area contributed by atoms with Crippen LogP contribution in [0.1, 0.15) is 25.0 Å². The van der Waals surface area contributed by atoms with Gasteiger partial charge >= 0.3 is 0 Å². The second kappa shape index (κ2) is 15.6. The summed E-state index contributed by atoms with van der Waals surface area (Å²) in [5, 5.41) is 4.80. The zero-order valence-electron chi connectivity index (χ0n) is 36.3. The van der Waals surface area contributed by atoms with Gasteiger partial charge in [0.05, 0.1) is 11.4 Å². The Labute approximate surface area is 380 Å². The normalized spacial score (nSPS) is 12.6. The zero-order valence-corrected chi connectivity index (χ0v) is 36.3. The fourth-order valence-corrected chi connectivity index (χ4v) is 10.3. The topological polar surface area (TPSA) is 25.8 Å². The van der Waals surface area contributed by atoms with E-state index in [1.807, 2.05) is 0 Å². The number of nitrogens with zero attached hydrogens (tertiary/aromatic N) is 2. The summed E-state index contributed by atoms with van der Waals surface area (Å²) < 4.78 is 0. The van der Waals surface area contributed by atoms with Gasteiger partial charge in [-0.15, -0.1) is 0 Å². The van der Waals surface area contributed by atoms with Crippen molar-refractivity contribution in [3.8, 4) is 89.5 Å². The van der Waals surface area contributed by atoms with E-state index in [9.17, 15) is 0 Å². The number of aromatic nitrogens is 2. The number of fused-ring (bicyclic) bond motifs is 5. The summed E-state index contributed by atoms with van der Waals surface area (Å²) in [6, 6.07) is 83.2. The van der Waals surface area contributed by atoms with Crippen LogP contribution >= 0.6 is 0 Å². The monoisotopic (exact) mass is 828 g/mol. The van der Waals surface area contributed by atoms with Crippen LogP contribution in [0, 0.1) is 0 Å². The van der Waals surface area contributed by atoms with Crippen molar-refractivity contribution in [3.05, 3.63) is 242 Å². The van der Waals surface area contributed by atoms with Gasteiger partial charge in [-0.05, 0) is 107 Å². The summed E-state index contributed by atoms with van der Waals surface area (Å²) in [6.07, 6.45) is 0. The summed E-state index contributed by atoms with van der Waals surface area (Å²) in [6.45, 7) is 4.73. The third-order valence-corrected chi connectivity index (χ3v) is 13.5. The third kappa shape index (κ3) is 6.57. The highest BCUT2D eigenvalue weighted by Crippen LogP contribution is 2.53. The molecule has 10 aromatic carbocycles. The molecule has 65 heavy (non-hydrogen) atoms. The lowest BCUT2D eigenvalue weighted by atomic mass is 9.81. The van der Waals surface area contributed by atoms with Crippen LogP contribution in [0.15, 0.2) is 231 Å². The molecule has 0 saturated carbocycles. The fraction of sp³-hybridized carbons (Fsp3) is 0.0476. The summed E-state index contributed by atoms with van der Waals surface area (Å²) in [5.41, 5.74) is 19.4. The van der Waals surface area contributed by atoms with E-state index in [1.54, 1.807) is 0 Å². The molecule has 11 aromatic rings. The van der Waals surface area contributed by atoms with Gasteiger partial charge in [0.1, 0.15) is 0 Å². The first-order valence-corrected chi connectivity index (χ1v) is 22.5. The first kappa shape index (κ1) is 38.5. The maximum Gasteiger partial charge on any atom is 0.161 e. The van der Waals surface area contributed by atoms with E-state index < -0.39 is 0 Å². The molecule has 1 heterocycles. The second-order valence-electron chi connectivity index (χ2n) is 17.7. The van der Waals surface area contributed by atoms with Crippen LogP contribution in [-0.4, -0.2) is 9.97 Å². The lowest BCUT2D eigenvalue weighted by Gasteiger charge is -2.22. The van der Waals surface area contributed by atoms with Crippen molar-refractivity contribution in [2.75, 3.05) is 0 Å². The number of rotatable bonds is 7. The Kier molecular flexibility index (Phi) is 9.21. The van der Waals surface area contributed by atoms with Gasteiger partial charge < -0.3 is 0 Å². The molecule has 0 aliphatic heterocycles. The third-order valence-electron chi connectivity index (χ3n) is 13.5. The molecule has 306 valence electrons. The maximum absolute atomic E-state index is 5.57. The molecular weight excluding hydrogens is 785 g/mol. The SMILES string of the molecule is CC1(C)c2cc3ccccc3cc2-c2c(-c3ccc(-c4ccc5ccccc5c4-c4nc(-c5ccccc5-c5ccccc5)cc(-c5ccccc5-c5ccccc5)n4)cc3)cccc21. The molecule has 0 amide bonds. The predicted molar refractivity (Wildman–Crippen MR) is 273 cm³/mol. The molecule has 1 aliphatic carbocycles. The van der Waals surface area contributed by atoms with E-state index in [0.29, 0.717) is 5.82 Å². The van der Waals surface area contributed by atoms with Crippen molar-refractivity contribution in [2.24, 2.45) is 0 Å². The molecule has 0 spiro atoms. The quantitative estimate of drug-likeness (QED) is 0.160. The van der Waals surface area contributed by atoms with Crippen LogP contribution in [0.5, 0.6) is 0 Å². The van der Waals surface area contributed by atoms with Crippen molar-refractivity contribution in [2.45, 2.75) is 19.3 Å². The van der Waals surface area contributed by atoms with E-state index in [-0.39, 0.29) is 5.41 Å². The Hall–Kier alpha value is -8.20. The largest absolute Gasteiger partial charge is 0.228 e. The summed E-state index contributed by atoms with van der Waals surface area (Å²) in [4.78, 5) is 11.1.